The first-order valence-corrected chi connectivity index (χ1v) is 6.56. The predicted molar refractivity (Wildman–Crippen MR) is 73.0 cm³/mol. The molecular weight excluding hydrogens is 220 g/mol. The highest BCUT2D eigenvalue weighted by Crippen LogP contribution is 2.24. The standard InChI is InChI=1S/C16H17N2/c1-2-8-16(14-7-5-9-17-12-14)15(6-1)13-18-10-3-4-11-18/h1-2,5,7-9,12H,3-4,10-11,13H2. The minimum absolute atomic E-state index is 1.01. The fraction of sp³-hybridized carbons (Fsp3) is 0.312. The summed E-state index contributed by atoms with van der Waals surface area (Å²) >= 11 is 0. The van der Waals surface area contributed by atoms with E-state index in [0.29, 0.717) is 0 Å². The molecule has 0 amide bonds. The Morgan fingerprint density at radius 1 is 1.17 bits per heavy atom. The zero-order valence-electron chi connectivity index (χ0n) is 10.5. The maximum Gasteiger partial charge on any atom is 0.0346 e. The van der Waals surface area contributed by atoms with E-state index in [4.69, 9.17) is 0 Å². The van der Waals surface area contributed by atoms with Crippen molar-refractivity contribution in [1.82, 2.24) is 9.88 Å². The molecule has 0 saturated carbocycles. The SMILES string of the molecule is [c]1cccc(-c2cccnc2)c1CN1CCCC1. The van der Waals surface area contributed by atoms with E-state index in [-0.39, 0.29) is 0 Å². The molecule has 0 aliphatic carbocycles. The number of aromatic nitrogens is 1. The Morgan fingerprint density at radius 2 is 2.06 bits per heavy atom. The average Bonchev–Trinajstić information content (AvgIpc) is 2.93. The van der Waals surface area contributed by atoms with Crippen LogP contribution >= 0.6 is 0 Å². The van der Waals surface area contributed by atoms with E-state index in [1.165, 1.54) is 42.6 Å². The Morgan fingerprint density at radius 3 is 2.83 bits per heavy atom. The Bertz CT molecular complexity index is 502. The maximum atomic E-state index is 4.21. The zero-order valence-corrected chi connectivity index (χ0v) is 10.5. The van der Waals surface area contributed by atoms with Gasteiger partial charge in [-0.05, 0) is 49.2 Å². The van der Waals surface area contributed by atoms with Crippen molar-refractivity contribution >= 4 is 0 Å². The average molecular weight is 237 g/mol. The summed E-state index contributed by atoms with van der Waals surface area (Å²) in [6.07, 6.45) is 6.40. The molecule has 1 fully saturated rings. The molecule has 2 heterocycles. The highest BCUT2D eigenvalue weighted by molar-refractivity contribution is 5.66. The van der Waals surface area contributed by atoms with Crippen molar-refractivity contribution < 1.29 is 0 Å². The van der Waals surface area contributed by atoms with Crippen LogP contribution in [0.5, 0.6) is 0 Å². The van der Waals surface area contributed by atoms with Crippen molar-refractivity contribution in [2.45, 2.75) is 19.4 Å². The van der Waals surface area contributed by atoms with Crippen molar-refractivity contribution in [1.29, 1.82) is 0 Å². The molecule has 1 saturated heterocycles. The molecule has 2 nitrogen and oxygen atoms in total. The van der Waals surface area contributed by atoms with E-state index >= 15 is 0 Å². The van der Waals surface area contributed by atoms with E-state index < -0.39 is 0 Å². The minimum atomic E-state index is 1.01. The highest BCUT2D eigenvalue weighted by atomic mass is 15.1. The number of nitrogens with zero attached hydrogens (tertiary/aromatic N) is 2. The molecule has 0 spiro atoms. The molecule has 0 atom stereocenters. The fourth-order valence-electron chi connectivity index (χ4n) is 2.56. The van der Waals surface area contributed by atoms with Crippen LogP contribution in [-0.4, -0.2) is 23.0 Å². The summed E-state index contributed by atoms with van der Waals surface area (Å²) in [6.45, 7) is 3.44. The van der Waals surface area contributed by atoms with Crippen LogP contribution in [0.4, 0.5) is 0 Å². The second kappa shape index (κ2) is 5.32. The molecule has 0 N–H and O–H groups in total. The summed E-state index contributed by atoms with van der Waals surface area (Å²) in [5.74, 6) is 0. The van der Waals surface area contributed by atoms with Gasteiger partial charge in [0, 0.05) is 24.5 Å². The van der Waals surface area contributed by atoms with Gasteiger partial charge in [0.2, 0.25) is 0 Å². The summed E-state index contributed by atoms with van der Waals surface area (Å²) in [6, 6.07) is 13.7. The van der Waals surface area contributed by atoms with Gasteiger partial charge in [-0.15, -0.1) is 0 Å². The Balaban J connectivity index is 1.90. The van der Waals surface area contributed by atoms with Crippen molar-refractivity contribution in [3.05, 3.63) is 54.4 Å². The number of rotatable bonds is 3. The maximum absolute atomic E-state index is 4.21. The van der Waals surface area contributed by atoms with Crippen LogP contribution in [0.2, 0.25) is 0 Å². The third-order valence-corrected chi connectivity index (χ3v) is 3.49. The lowest BCUT2D eigenvalue weighted by molar-refractivity contribution is 0.331. The lowest BCUT2D eigenvalue weighted by Crippen LogP contribution is -2.18. The van der Waals surface area contributed by atoms with Gasteiger partial charge in [-0.3, -0.25) is 9.88 Å². The lowest BCUT2D eigenvalue weighted by atomic mass is 10.0. The minimum Gasteiger partial charge on any atom is -0.299 e. The molecule has 3 rings (SSSR count). The molecule has 91 valence electrons. The van der Waals surface area contributed by atoms with Crippen LogP contribution in [0.25, 0.3) is 11.1 Å². The summed E-state index contributed by atoms with van der Waals surface area (Å²) in [7, 11) is 0. The molecule has 1 aromatic carbocycles. The largest absolute Gasteiger partial charge is 0.299 e. The number of likely N-dealkylation sites (tertiary alicyclic amines) is 1. The normalized spacial score (nSPS) is 16.0. The summed E-state index contributed by atoms with van der Waals surface area (Å²) in [5.41, 5.74) is 3.73. The first kappa shape index (κ1) is 11.4. The Hall–Kier alpha value is -1.67. The third kappa shape index (κ3) is 2.44. The van der Waals surface area contributed by atoms with Crippen LogP contribution in [0.3, 0.4) is 0 Å². The first-order chi connectivity index (χ1) is 8.93. The quantitative estimate of drug-likeness (QED) is 0.815. The van der Waals surface area contributed by atoms with Crippen molar-refractivity contribution in [3.8, 4) is 11.1 Å². The van der Waals surface area contributed by atoms with Gasteiger partial charge < -0.3 is 0 Å². The van der Waals surface area contributed by atoms with E-state index in [2.05, 4.69) is 34.1 Å². The number of benzene rings is 1. The second-order valence-corrected chi connectivity index (χ2v) is 4.79. The van der Waals surface area contributed by atoms with Gasteiger partial charge in [-0.1, -0.05) is 24.3 Å². The molecule has 1 aliphatic heterocycles. The van der Waals surface area contributed by atoms with Crippen LogP contribution in [0, 0.1) is 6.07 Å². The van der Waals surface area contributed by atoms with E-state index in [0.717, 1.165) is 6.54 Å². The monoisotopic (exact) mass is 237 g/mol. The van der Waals surface area contributed by atoms with Gasteiger partial charge in [0.15, 0.2) is 0 Å². The van der Waals surface area contributed by atoms with Gasteiger partial charge in [0.05, 0.1) is 0 Å². The van der Waals surface area contributed by atoms with E-state index in [1.54, 1.807) is 0 Å². The smallest absolute Gasteiger partial charge is 0.0346 e. The fourth-order valence-corrected chi connectivity index (χ4v) is 2.56. The van der Waals surface area contributed by atoms with Crippen LogP contribution < -0.4 is 0 Å². The lowest BCUT2D eigenvalue weighted by Gasteiger charge is -2.17. The predicted octanol–water partition coefficient (Wildman–Crippen LogP) is 3.14. The summed E-state index contributed by atoms with van der Waals surface area (Å²) in [5, 5.41) is 0. The number of hydrogen-bond donors (Lipinski definition) is 0. The number of pyridine rings is 1. The number of hydrogen-bond acceptors (Lipinski definition) is 2. The van der Waals surface area contributed by atoms with Crippen LogP contribution in [-0.2, 0) is 6.54 Å². The highest BCUT2D eigenvalue weighted by Gasteiger charge is 2.14. The molecule has 1 radical (unpaired) electrons. The van der Waals surface area contributed by atoms with Crippen molar-refractivity contribution in [3.63, 3.8) is 0 Å². The van der Waals surface area contributed by atoms with Crippen molar-refractivity contribution in [2.75, 3.05) is 13.1 Å². The summed E-state index contributed by atoms with van der Waals surface area (Å²) < 4.78 is 0. The molecular formula is C16H17N2. The molecule has 1 aromatic heterocycles. The Kier molecular flexibility index (Phi) is 3.37. The topological polar surface area (TPSA) is 16.1 Å². The summed E-state index contributed by atoms with van der Waals surface area (Å²) in [4.78, 5) is 6.71. The van der Waals surface area contributed by atoms with E-state index in [9.17, 15) is 0 Å². The van der Waals surface area contributed by atoms with Gasteiger partial charge in [0.1, 0.15) is 0 Å². The Labute approximate surface area is 108 Å². The van der Waals surface area contributed by atoms with Crippen LogP contribution in [0.15, 0.2) is 42.7 Å². The van der Waals surface area contributed by atoms with Crippen LogP contribution in [0.1, 0.15) is 18.4 Å². The van der Waals surface area contributed by atoms with E-state index in [1.807, 2.05) is 24.5 Å². The molecule has 0 unspecified atom stereocenters. The van der Waals surface area contributed by atoms with Gasteiger partial charge in [0.25, 0.3) is 0 Å². The second-order valence-electron chi connectivity index (χ2n) is 4.79. The van der Waals surface area contributed by atoms with Gasteiger partial charge in [-0.2, -0.15) is 0 Å². The molecule has 1 aliphatic rings. The first-order valence-electron chi connectivity index (χ1n) is 6.56. The molecule has 0 bridgehead atoms. The van der Waals surface area contributed by atoms with Crippen molar-refractivity contribution in [2.24, 2.45) is 0 Å². The van der Waals surface area contributed by atoms with Gasteiger partial charge in [-0.25, -0.2) is 0 Å². The molecule has 2 aromatic rings. The molecule has 18 heavy (non-hydrogen) atoms. The molecule has 2 heteroatoms. The zero-order chi connectivity index (χ0) is 12.2. The van der Waals surface area contributed by atoms with Gasteiger partial charge >= 0.3 is 0 Å². The third-order valence-electron chi connectivity index (χ3n) is 3.49.